The number of rotatable bonds is 4. The molecule has 2 unspecified atom stereocenters. The number of aromatic hydroxyl groups is 1. The summed E-state index contributed by atoms with van der Waals surface area (Å²) in [6.07, 6.45) is -0.847. The summed E-state index contributed by atoms with van der Waals surface area (Å²) in [7, 11) is 6.11. The Bertz CT molecular complexity index is 1170. The minimum atomic E-state index is -1.98. The summed E-state index contributed by atoms with van der Waals surface area (Å²) < 4.78 is 5.91. The van der Waals surface area contributed by atoms with Crippen LogP contribution >= 0.6 is 0 Å². The van der Waals surface area contributed by atoms with E-state index in [4.69, 9.17) is 10.5 Å². The average Bonchev–Trinajstić information content (AvgIpc) is 2.76. The number of Topliss-reactive ketones (excluding diaryl/α,β-unsaturated/α-hetero) is 2. The number of likely N-dealkylation sites (N-methyl/N-ethyl adjacent to an activating group) is 2. The highest BCUT2D eigenvalue weighted by atomic mass is 16.5. The number of ketones is 2. The van der Waals surface area contributed by atoms with Crippen molar-refractivity contribution in [2.75, 3.05) is 28.3 Å². The Balaban J connectivity index is 2.13. The maximum Gasteiger partial charge on any atom is 0.255 e. The van der Waals surface area contributed by atoms with Gasteiger partial charge in [-0.1, -0.05) is 19.1 Å². The Morgan fingerprint density at radius 2 is 1.85 bits per heavy atom. The monoisotopic (exact) mass is 471 g/mol. The van der Waals surface area contributed by atoms with E-state index in [1.807, 2.05) is 6.92 Å². The Morgan fingerprint density at radius 1 is 1.21 bits per heavy atom. The molecule has 0 spiro atoms. The molecule has 1 aromatic rings. The molecule has 1 saturated carbocycles. The summed E-state index contributed by atoms with van der Waals surface area (Å²) in [6, 6.07) is 3.76. The number of nitrogens with one attached hydrogen (secondary N) is 1. The fourth-order valence-corrected chi connectivity index (χ4v) is 6.26. The number of phenols is 1. The second-order valence-electron chi connectivity index (χ2n) is 9.29. The third-order valence-corrected chi connectivity index (χ3v) is 7.67. The standard InChI is InChI=1S/C24H29N3O7/c1-9-10-7-6-8-11(28)13(10)18(29)14-12(9)20(34-5)16-17(27(3)4)19(30)15(23(25)33)22(32)24(16,26-2)21(14)31/h6-9,12,16-17,20,26,28-29,32H,1-5H3,(H2,25,33)/t9-,12?,16?,17-,20+,24-/m0/s1. The van der Waals surface area contributed by atoms with Gasteiger partial charge in [0, 0.05) is 24.5 Å². The Hall–Kier alpha value is -3.21. The molecule has 3 aliphatic carbocycles. The van der Waals surface area contributed by atoms with E-state index in [1.54, 1.807) is 31.1 Å². The van der Waals surface area contributed by atoms with Crippen LogP contribution < -0.4 is 11.1 Å². The summed E-state index contributed by atoms with van der Waals surface area (Å²) >= 11 is 0. The zero-order chi connectivity index (χ0) is 25.3. The van der Waals surface area contributed by atoms with E-state index in [0.29, 0.717) is 5.56 Å². The summed E-state index contributed by atoms with van der Waals surface area (Å²) in [6.45, 7) is 1.85. The van der Waals surface area contributed by atoms with E-state index >= 15 is 0 Å². The van der Waals surface area contributed by atoms with Gasteiger partial charge in [0.15, 0.2) is 11.6 Å². The highest BCUT2D eigenvalue weighted by molar-refractivity contribution is 6.25. The number of methoxy groups -OCH3 is 1. The first-order valence-electron chi connectivity index (χ1n) is 10.9. The third-order valence-electron chi connectivity index (χ3n) is 7.67. The lowest BCUT2D eigenvalue weighted by atomic mass is 9.53. The lowest BCUT2D eigenvalue weighted by Crippen LogP contribution is -2.74. The van der Waals surface area contributed by atoms with Crippen LogP contribution in [0.2, 0.25) is 0 Å². The molecule has 0 radical (unpaired) electrons. The van der Waals surface area contributed by atoms with Crippen molar-refractivity contribution in [2.45, 2.75) is 30.5 Å². The molecule has 10 nitrogen and oxygen atoms in total. The van der Waals surface area contributed by atoms with Crippen molar-refractivity contribution in [3.8, 4) is 5.75 Å². The zero-order valence-electron chi connectivity index (χ0n) is 19.6. The lowest BCUT2D eigenvalue weighted by Gasteiger charge is -2.56. The first kappa shape index (κ1) is 23.9. The molecule has 3 aliphatic rings. The molecule has 6 N–H and O–H groups in total. The Kier molecular flexibility index (Phi) is 5.58. The van der Waals surface area contributed by atoms with Crippen LogP contribution in [-0.2, 0) is 19.1 Å². The Morgan fingerprint density at radius 3 is 2.38 bits per heavy atom. The Labute approximate surface area is 196 Å². The second-order valence-corrected chi connectivity index (χ2v) is 9.29. The van der Waals surface area contributed by atoms with Crippen molar-refractivity contribution in [1.82, 2.24) is 10.2 Å². The van der Waals surface area contributed by atoms with Gasteiger partial charge in [0.05, 0.1) is 17.7 Å². The van der Waals surface area contributed by atoms with Gasteiger partial charge in [-0.05, 0) is 38.7 Å². The van der Waals surface area contributed by atoms with Crippen LogP contribution in [0.4, 0.5) is 0 Å². The lowest BCUT2D eigenvalue weighted by molar-refractivity contribution is -0.147. The molecule has 6 atom stereocenters. The number of ether oxygens (including phenoxy) is 1. The normalized spacial score (nSPS) is 33.1. The number of amides is 1. The number of aliphatic hydroxyl groups is 2. The van der Waals surface area contributed by atoms with E-state index in [9.17, 15) is 29.7 Å². The van der Waals surface area contributed by atoms with E-state index in [2.05, 4.69) is 5.32 Å². The van der Waals surface area contributed by atoms with Crippen LogP contribution in [0.3, 0.4) is 0 Å². The van der Waals surface area contributed by atoms with Crippen molar-refractivity contribution in [3.63, 3.8) is 0 Å². The number of nitrogens with two attached hydrogens (primary N) is 1. The molecule has 34 heavy (non-hydrogen) atoms. The van der Waals surface area contributed by atoms with Crippen molar-refractivity contribution < 1.29 is 34.4 Å². The van der Waals surface area contributed by atoms with Gasteiger partial charge in [-0.25, -0.2) is 0 Å². The smallest absolute Gasteiger partial charge is 0.255 e. The molecular weight excluding hydrogens is 442 g/mol. The van der Waals surface area contributed by atoms with E-state index in [0.717, 1.165) is 0 Å². The third kappa shape index (κ3) is 2.76. The van der Waals surface area contributed by atoms with Crippen LogP contribution in [0.25, 0.3) is 5.76 Å². The minimum Gasteiger partial charge on any atom is -0.509 e. The van der Waals surface area contributed by atoms with Gasteiger partial charge in [0.25, 0.3) is 5.91 Å². The van der Waals surface area contributed by atoms with Crippen molar-refractivity contribution in [1.29, 1.82) is 0 Å². The number of benzene rings is 1. The molecule has 10 heteroatoms. The first-order chi connectivity index (χ1) is 16.0. The average molecular weight is 472 g/mol. The van der Waals surface area contributed by atoms with E-state index in [1.165, 1.54) is 20.2 Å². The van der Waals surface area contributed by atoms with Gasteiger partial charge >= 0.3 is 0 Å². The summed E-state index contributed by atoms with van der Waals surface area (Å²) in [4.78, 5) is 41.5. The van der Waals surface area contributed by atoms with Gasteiger partial charge < -0.3 is 31.1 Å². The van der Waals surface area contributed by atoms with Crippen LogP contribution in [0.1, 0.15) is 24.0 Å². The zero-order valence-corrected chi connectivity index (χ0v) is 19.6. The molecule has 0 aliphatic heterocycles. The molecule has 0 bridgehead atoms. The molecule has 0 heterocycles. The van der Waals surface area contributed by atoms with Gasteiger partial charge in [-0.15, -0.1) is 0 Å². The predicted molar refractivity (Wildman–Crippen MR) is 122 cm³/mol. The first-order valence-corrected chi connectivity index (χ1v) is 10.9. The van der Waals surface area contributed by atoms with Crippen LogP contribution in [-0.4, -0.2) is 83.6 Å². The number of carbonyl (C=O) groups is 3. The minimum absolute atomic E-state index is 0.0545. The van der Waals surface area contributed by atoms with Crippen molar-refractivity contribution >= 4 is 23.2 Å². The quantitative estimate of drug-likeness (QED) is 0.391. The summed E-state index contributed by atoms with van der Waals surface area (Å²) in [5.41, 5.74) is 3.51. The molecule has 1 aromatic carbocycles. The number of primary amides is 1. The van der Waals surface area contributed by atoms with Crippen LogP contribution in [0, 0.1) is 11.8 Å². The second kappa shape index (κ2) is 7.93. The number of nitrogens with zero attached hydrogens (tertiary/aromatic N) is 1. The summed E-state index contributed by atoms with van der Waals surface area (Å²) in [5.74, 6) is -6.06. The predicted octanol–water partition coefficient (Wildman–Crippen LogP) is 0.377. The highest BCUT2D eigenvalue weighted by Gasteiger charge is 2.68. The molecule has 1 fully saturated rings. The highest BCUT2D eigenvalue weighted by Crippen LogP contribution is 2.56. The maximum absolute atomic E-state index is 14.2. The van der Waals surface area contributed by atoms with E-state index < -0.39 is 70.0 Å². The van der Waals surface area contributed by atoms with E-state index in [-0.39, 0.29) is 16.9 Å². The van der Waals surface area contributed by atoms with Gasteiger partial charge in [-0.2, -0.15) is 0 Å². The summed E-state index contributed by atoms with van der Waals surface area (Å²) in [5, 5.41) is 35.9. The molecule has 182 valence electrons. The molecule has 0 aromatic heterocycles. The SMILES string of the molecule is CN[C@]12C(=O)C3=C(O)c4c(O)cccc4[C@H](C)C3[C@@H](OC)C1[C@H](N(C)C)C(=O)C(C(N)=O)=C2O. The number of fused-ring (bicyclic) bond motifs is 3. The molecule has 1 amide bonds. The van der Waals surface area contributed by atoms with Crippen molar-refractivity contribution in [2.24, 2.45) is 17.6 Å². The molecular formula is C24H29N3O7. The topological polar surface area (TPSA) is 162 Å². The number of aliphatic hydroxyl groups excluding tert-OH is 2. The molecule has 4 rings (SSSR count). The van der Waals surface area contributed by atoms with Gasteiger partial charge in [0.2, 0.25) is 0 Å². The largest absolute Gasteiger partial charge is 0.509 e. The fourth-order valence-electron chi connectivity index (χ4n) is 6.26. The van der Waals surface area contributed by atoms with Crippen LogP contribution in [0.5, 0.6) is 5.75 Å². The number of hydrogen-bond donors (Lipinski definition) is 5. The fraction of sp³-hybridized carbons (Fsp3) is 0.458. The van der Waals surface area contributed by atoms with Gasteiger partial charge in [-0.3, -0.25) is 19.3 Å². The van der Waals surface area contributed by atoms with Gasteiger partial charge in [0.1, 0.15) is 28.4 Å². The van der Waals surface area contributed by atoms with Crippen LogP contribution in [0.15, 0.2) is 35.1 Å². The number of hydrogen-bond acceptors (Lipinski definition) is 9. The number of phenolic OH excluding ortho intramolecular Hbond substituents is 1. The number of carbonyl (C=O) groups excluding carboxylic acids is 3. The van der Waals surface area contributed by atoms with Crippen molar-refractivity contribution in [3.05, 3.63) is 46.2 Å². The molecule has 0 saturated heterocycles. The maximum atomic E-state index is 14.2.